The van der Waals surface area contributed by atoms with Crippen LogP contribution in [0.3, 0.4) is 0 Å². The van der Waals surface area contributed by atoms with Gasteiger partial charge < -0.3 is 15.0 Å². The average molecular weight is 360 g/mol. The Balaban J connectivity index is 1.42. The third-order valence-corrected chi connectivity index (χ3v) is 4.70. The molecule has 1 aromatic heterocycles. The van der Waals surface area contributed by atoms with Gasteiger partial charge in [-0.2, -0.15) is 0 Å². The Bertz CT molecular complexity index is 939. The minimum absolute atomic E-state index is 0.230. The molecule has 0 spiro atoms. The Kier molecular flexibility index (Phi) is 4.70. The molecule has 0 unspecified atom stereocenters. The van der Waals surface area contributed by atoms with Gasteiger partial charge in [-0.15, -0.1) is 10.2 Å². The third-order valence-electron chi connectivity index (χ3n) is 4.70. The summed E-state index contributed by atoms with van der Waals surface area (Å²) >= 11 is 0. The van der Waals surface area contributed by atoms with Crippen LogP contribution in [0.4, 0.5) is 11.6 Å². The van der Waals surface area contributed by atoms with Gasteiger partial charge >= 0.3 is 0 Å². The zero-order chi connectivity index (χ0) is 18.6. The molecular weight excluding hydrogens is 340 g/mol. The quantitative estimate of drug-likeness (QED) is 0.773. The Morgan fingerprint density at radius 3 is 2.48 bits per heavy atom. The molecule has 6 nitrogen and oxygen atoms in total. The van der Waals surface area contributed by atoms with Crippen molar-refractivity contribution in [2.45, 2.75) is 13.0 Å². The zero-order valence-electron chi connectivity index (χ0n) is 15.1. The minimum Gasteiger partial charge on any atom is -0.497 e. The molecule has 0 saturated carbocycles. The summed E-state index contributed by atoms with van der Waals surface area (Å²) in [6.07, 6.45) is 0.994. The van der Waals surface area contributed by atoms with Crippen LogP contribution in [0.15, 0.2) is 60.7 Å². The molecule has 0 fully saturated rings. The van der Waals surface area contributed by atoms with Crippen molar-refractivity contribution in [1.29, 1.82) is 0 Å². The fraction of sp³-hybridized carbons (Fsp3) is 0.190. The molecule has 2 aromatic carbocycles. The summed E-state index contributed by atoms with van der Waals surface area (Å²) in [5, 5.41) is 11.2. The maximum absolute atomic E-state index is 12.3. The van der Waals surface area contributed by atoms with E-state index in [2.05, 4.69) is 44.7 Å². The second-order valence-corrected chi connectivity index (χ2v) is 6.40. The van der Waals surface area contributed by atoms with Crippen molar-refractivity contribution in [3.8, 4) is 5.75 Å². The van der Waals surface area contributed by atoms with Gasteiger partial charge in [-0.3, -0.25) is 4.79 Å². The lowest BCUT2D eigenvalue weighted by molar-refractivity contribution is 0.102. The first kappa shape index (κ1) is 17.0. The van der Waals surface area contributed by atoms with E-state index < -0.39 is 0 Å². The van der Waals surface area contributed by atoms with Crippen molar-refractivity contribution in [2.75, 3.05) is 23.9 Å². The molecule has 4 rings (SSSR count). The number of rotatable bonds is 4. The SMILES string of the molecule is COc1ccc(C(=O)Nc2ccc(N3CCc4ccccc4C3)nn2)cc1. The summed E-state index contributed by atoms with van der Waals surface area (Å²) in [4.78, 5) is 14.5. The number of aromatic nitrogens is 2. The number of carbonyl (C=O) groups is 1. The van der Waals surface area contributed by atoms with Gasteiger partial charge in [0.1, 0.15) is 5.75 Å². The molecule has 1 aliphatic heterocycles. The van der Waals surface area contributed by atoms with E-state index in [9.17, 15) is 4.79 Å². The lowest BCUT2D eigenvalue weighted by Crippen LogP contribution is -2.31. The van der Waals surface area contributed by atoms with Crippen molar-refractivity contribution < 1.29 is 9.53 Å². The van der Waals surface area contributed by atoms with Gasteiger partial charge in [-0.25, -0.2) is 0 Å². The van der Waals surface area contributed by atoms with Gasteiger partial charge in [0.2, 0.25) is 0 Å². The predicted octanol–water partition coefficient (Wildman–Crippen LogP) is 3.30. The first-order valence-electron chi connectivity index (χ1n) is 8.84. The number of hydrogen-bond acceptors (Lipinski definition) is 5. The van der Waals surface area contributed by atoms with E-state index in [0.29, 0.717) is 17.1 Å². The highest BCUT2D eigenvalue weighted by atomic mass is 16.5. The molecule has 0 atom stereocenters. The van der Waals surface area contributed by atoms with E-state index >= 15 is 0 Å². The summed E-state index contributed by atoms with van der Waals surface area (Å²) in [7, 11) is 1.59. The molecule has 1 aliphatic rings. The van der Waals surface area contributed by atoms with E-state index in [-0.39, 0.29) is 5.91 Å². The molecule has 27 heavy (non-hydrogen) atoms. The second kappa shape index (κ2) is 7.45. The van der Waals surface area contributed by atoms with Crippen molar-refractivity contribution in [3.05, 3.63) is 77.4 Å². The monoisotopic (exact) mass is 360 g/mol. The highest BCUT2D eigenvalue weighted by Crippen LogP contribution is 2.23. The smallest absolute Gasteiger partial charge is 0.256 e. The second-order valence-electron chi connectivity index (χ2n) is 6.40. The summed E-state index contributed by atoms with van der Waals surface area (Å²) in [5.41, 5.74) is 3.25. The maximum atomic E-state index is 12.3. The van der Waals surface area contributed by atoms with Crippen LogP contribution in [0.1, 0.15) is 21.5 Å². The fourth-order valence-electron chi connectivity index (χ4n) is 3.18. The van der Waals surface area contributed by atoms with Gasteiger partial charge in [0.25, 0.3) is 5.91 Å². The highest BCUT2D eigenvalue weighted by molar-refractivity contribution is 6.03. The number of amides is 1. The molecule has 0 radical (unpaired) electrons. The van der Waals surface area contributed by atoms with E-state index in [4.69, 9.17) is 4.74 Å². The van der Waals surface area contributed by atoms with Gasteiger partial charge in [0, 0.05) is 18.7 Å². The lowest BCUT2D eigenvalue weighted by atomic mass is 10.00. The Morgan fingerprint density at radius 2 is 1.78 bits per heavy atom. The molecule has 3 aromatic rings. The van der Waals surface area contributed by atoms with Crippen LogP contribution < -0.4 is 15.0 Å². The highest BCUT2D eigenvalue weighted by Gasteiger charge is 2.17. The number of carbonyl (C=O) groups excluding carboxylic acids is 1. The van der Waals surface area contributed by atoms with Crippen molar-refractivity contribution >= 4 is 17.5 Å². The number of fused-ring (bicyclic) bond motifs is 1. The molecule has 2 heterocycles. The molecular formula is C21H20N4O2. The van der Waals surface area contributed by atoms with Crippen LogP contribution in [-0.2, 0) is 13.0 Å². The molecule has 1 N–H and O–H groups in total. The normalized spacial score (nSPS) is 13.0. The predicted molar refractivity (Wildman–Crippen MR) is 104 cm³/mol. The Morgan fingerprint density at radius 1 is 1.00 bits per heavy atom. The maximum Gasteiger partial charge on any atom is 0.256 e. The summed E-state index contributed by atoms with van der Waals surface area (Å²) in [5.74, 6) is 1.72. The first-order chi connectivity index (χ1) is 13.2. The van der Waals surface area contributed by atoms with Crippen LogP contribution >= 0.6 is 0 Å². The Hall–Kier alpha value is -3.41. The van der Waals surface area contributed by atoms with E-state index in [1.54, 1.807) is 37.4 Å². The van der Waals surface area contributed by atoms with Gasteiger partial charge in [0.05, 0.1) is 7.11 Å². The molecule has 1 amide bonds. The van der Waals surface area contributed by atoms with Crippen LogP contribution in [0.25, 0.3) is 0 Å². The number of nitrogens with zero attached hydrogens (tertiary/aromatic N) is 3. The van der Waals surface area contributed by atoms with E-state index in [1.807, 2.05) is 6.07 Å². The number of benzene rings is 2. The van der Waals surface area contributed by atoms with Crippen molar-refractivity contribution in [2.24, 2.45) is 0 Å². The van der Waals surface area contributed by atoms with Crippen molar-refractivity contribution in [1.82, 2.24) is 10.2 Å². The van der Waals surface area contributed by atoms with Gasteiger partial charge in [-0.05, 0) is 53.9 Å². The van der Waals surface area contributed by atoms with Crippen molar-refractivity contribution in [3.63, 3.8) is 0 Å². The van der Waals surface area contributed by atoms with E-state index in [0.717, 1.165) is 25.3 Å². The molecule has 6 heteroatoms. The standard InChI is InChI=1S/C21H20N4O2/c1-27-18-8-6-16(7-9-18)21(26)22-19-10-11-20(24-23-19)25-13-12-15-4-2-3-5-17(15)14-25/h2-11H,12-14H2,1H3,(H,22,23,26). The minimum atomic E-state index is -0.230. The largest absolute Gasteiger partial charge is 0.497 e. The summed E-state index contributed by atoms with van der Waals surface area (Å²) in [6, 6.07) is 19.1. The fourth-order valence-corrected chi connectivity index (χ4v) is 3.18. The number of methoxy groups -OCH3 is 1. The van der Waals surface area contributed by atoms with Crippen LogP contribution in [0, 0.1) is 0 Å². The van der Waals surface area contributed by atoms with Crippen LogP contribution in [0.5, 0.6) is 5.75 Å². The van der Waals surface area contributed by atoms with E-state index in [1.165, 1.54) is 11.1 Å². The third kappa shape index (κ3) is 3.74. The number of nitrogens with one attached hydrogen (secondary N) is 1. The molecule has 136 valence electrons. The molecule has 0 bridgehead atoms. The molecule has 0 aliphatic carbocycles. The zero-order valence-corrected chi connectivity index (χ0v) is 15.1. The topological polar surface area (TPSA) is 67.3 Å². The van der Waals surface area contributed by atoms with Gasteiger partial charge in [-0.1, -0.05) is 24.3 Å². The Labute approximate surface area is 157 Å². The van der Waals surface area contributed by atoms with Crippen LogP contribution in [0.2, 0.25) is 0 Å². The van der Waals surface area contributed by atoms with Gasteiger partial charge in [0.15, 0.2) is 11.6 Å². The summed E-state index contributed by atoms with van der Waals surface area (Å²) < 4.78 is 5.10. The van der Waals surface area contributed by atoms with Crippen LogP contribution in [-0.4, -0.2) is 29.8 Å². The first-order valence-corrected chi connectivity index (χ1v) is 8.84. The lowest BCUT2D eigenvalue weighted by Gasteiger charge is -2.29. The molecule has 0 saturated heterocycles. The summed E-state index contributed by atoms with van der Waals surface area (Å²) in [6.45, 7) is 1.73. The number of hydrogen-bond donors (Lipinski definition) is 1. The average Bonchev–Trinajstić information content (AvgIpc) is 2.74. The number of anilines is 2. The number of ether oxygens (including phenoxy) is 1.